The predicted octanol–water partition coefficient (Wildman–Crippen LogP) is 4.08. The number of nitrogens with one attached hydrogen (secondary N) is 1. The van der Waals surface area contributed by atoms with Crippen LogP contribution in [-0.2, 0) is 29.1 Å². The molecule has 1 aliphatic rings. The lowest BCUT2D eigenvalue weighted by atomic mass is 10.1. The van der Waals surface area contributed by atoms with E-state index in [1.54, 1.807) is 11.8 Å². The molecule has 170 valence electrons. The van der Waals surface area contributed by atoms with E-state index in [1.807, 2.05) is 78.9 Å². The highest BCUT2D eigenvalue weighted by atomic mass is 16.7. The highest BCUT2D eigenvalue weighted by molar-refractivity contribution is 5.87. The second-order valence-corrected chi connectivity index (χ2v) is 8.07. The maximum atomic E-state index is 13.2. The summed E-state index contributed by atoms with van der Waals surface area (Å²) in [6.45, 7) is 2.71. The van der Waals surface area contributed by atoms with Crippen molar-refractivity contribution in [1.82, 2.24) is 10.2 Å². The Morgan fingerprint density at radius 3 is 2.27 bits per heavy atom. The number of amides is 2. The van der Waals surface area contributed by atoms with Crippen LogP contribution in [0.1, 0.15) is 30.0 Å². The molecular weight excluding hydrogens is 416 g/mol. The summed E-state index contributed by atoms with van der Waals surface area (Å²) in [6, 6.07) is 24.6. The molecule has 0 unspecified atom stereocenters. The summed E-state index contributed by atoms with van der Waals surface area (Å²) in [4.78, 5) is 27.8. The first-order valence-electron chi connectivity index (χ1n) is 11.1. The largest absolute Gasteiger partial charge is 0.454 e. The fraction of sp³-hybridized carbons (Fsp3) is 0.259. The molecule has 0 fully saturated rings. The van der Waals surface area contributed by atoms with Crippen molar-refractivity contribution in [2.75, 3.05) is 6.79 Å². The van der Waals surface area contributed by atoms with Gasteiger partial charge in [-0.3, -0.25) is 9.59 Å². The molecule has 1 N–H and O–H groups in total. The van der Waals surface area contributed by atoms with E-state index in [-0.39, 0.29) is 18.6 Å². The molecular formula is C27H28N2O4. The van der Waals surface area contributed by atoms with Crippen LogP contribution in [0.15, 0.2) is 78.9 Å². The van der Waals surface area contributed by atoms with Crippen molar-refractivity contribution < 1.29 is 19.1 Å². The third-order valence-corrected chi connectivity index (χ3v) is 5.74. The number of aryl methyl sites for hydroxylation is 1. The zero-order valence-electron chi connectivity index (χ0n) is 18.7. The maximum absolute atomic E-state index is 13.2. The standard InChI is InChI=1S/C27H28N2O4/c1-20(27(31)28-17-23-12-14-24-25(16-23)33-19-32-24)29(18-22-10-6-3-7-11-22)26(30)15-13-21-8-4-2-5-9-21/h2-12,14,16,20H,13,15,17-19H2,1H3,(H,28,31)/t20-/m1/s1. The van der Waals surface area contributed by atoms with E-state index < -0.39 is 6.04 Å². The third-order valence-electron chi connectivity index (χ3n) is 5.74. The van der Waals surface area contributed by atoms with Crippen molar-refractivity contribution in [1.29, 1.82) is 0 Å². The van der Waals surface area contributed by atoms with Crippen LogP contribution >= 0.6 is 0 Å². The van der Waals surface area contributed by atoms with Gasteiger partial charge in [0.25, 0.3) is 0 Å². The molecule has 6 heteroatoms. The van der Waals surface area contributed by atoms with Crippen molar-refractivity contribution in [3.8, 4) is 11.5 Å². The summed E-state index contributed by atoms with van der Waals surface area (Å²) < 4.78 is 10.7. The Kier molecular flexibility index (Phi) is 7.25. The monoisotopic (exact) mass is 444 g/mol. The Hall–Kier alpha value is -3.80. The Balaban J connectivity index is 1.41. The fourth-order valence-corrected chi connectivity index (χ4v) is 3.79. The minimum absolute atomic E-state index is 0.0477. The highest BCUT2D eigenvalue weighted by Crippen LogP contribution is 2.32. The Morgan fingerprint density at radius 1 is 0.879 bits per heavy atom. The molecule has 1 heterocycles. The van der Waals surface area contributed by atoms with Gasteiger partial charge in [0.05, 0.1) is 0 Å². The molecule has 0 radical (unpaired) electrons. The normalized spacial score (nSPS) is 12.8. The molecule has 2 amide bonds. The Bertz CT molecular complexity index is 1090. The molecule has 1 aliphatic heterocycles. The van der Waals surface area contributed by atoms with Gasteiger partial charge in [-0.1, -0.05) is 66.7 Å². The van der Waals surface area contributed by atoms with E-state index in [0.717, 1.165) is 16.7 Å². The molecule has 0 aliphatic carbocycles. The molecule has 4 rings (SSSR count). The van der Waals surface area contributed by atoms with Crippen LogP contribution in [0.4, 0.5) is 0 Å². The second-order valence-electron chi connectivity index (χ2n) is 8.07. The lowest BCUT2D eigenvalue weighted by Gasteiger charge is -2.29. The van der Waals surface area contributed by atoms with Gasteiger partial charge in [-0.2, -0.15) is 0 Å². The van der Waals surface area contributed by atoms with Crippen molar-refractivity contribution in [2.24, 2.45) is 0 Å². The quantitative estimate of drug-likeness (QED) is 0.540. The lowest BCUT2D eigenvalue weighted by Crippen LogP contribution is -2.47. The lowest BCUT2D eigenvalue weighted by molar-refractivity contribution is -0.140. The van der Waals surface area contributed by atoms with E-state index in [1.165, 1.54) is 0 Å². The molecule has 1 atom stereocenters. The Morgan fingerprint density at radius 2 is 1.55 bits per heavy atom. The smallest absolute Gasteiger partial charge is 0.242 e. The summed E-state index contributed by atoms with van der Waals surface area (Å²) in [5.74, 6) is 1.14. The van der Waals surface area contributed by atoms with Crippen LogP contribution in [0.2, 0.25) is 0 Å². The molecule has 33 heavy (non-hydrogen) atoms. The predicted molar refractivity (Wildman–Crippen MR) is 126 cm³/mol. The van der Waals surface area contributed by atoms with Gasteiger partial charge in [-0.15, -0.1) is 0 Å². The molecule has 6 nitrogen and oxygen atoms in total. The highest BCUT2D eigenvalue weighted by Gasteiger charge is 2.26. The molecule has 3 aromatic carbocycles. The van der Waals surface area contributed by atoms with Gasteiger partial charge in [0.2, 0.25) is 18.6 Å². The minimum atomic E-state index is -0.609. The summed E-state index contributed by atoms with van der Waals surface area (Å²) in [7, 11) is 0. The number of carbonyl (C=O) groups excluding carboxylic acids is 2. The number of carbonyl (C=O) groups is 2. The summed E-state index contributed by atoms with van der Waals surface area (Å²) >= 11 is 0. The van der Waals surface area contributed by atoms with Gasteiger partial charge in [-0.05, 0) is 42.2 Å². The van der Waals surface area contributed by atoms with Crippen LogP contribution < -0.4 is 14.8 Å². The topological polar surface area (TPSA) is 67.9 Å². The fourth-order valence-electron chi connectivity index (χ4n) is 3.79. The number of benzene rings is 3. The van der Waals surface area contributed by atoms with E-state index in [4.69, 9.17) is 9.47 Å². The average Bonchev–Trinajstić information content (AvgIpc) is 3.33. The van der Waals surface area contributed by atoms with Gasteiger partial charge in [0.1, 0.15) is 6.04 Å². The van der Waals surface area contributed by atoms with Gasteiger partial charge in [-0.25, -0.2) is 0 Å². The van der Waals surface area contributed by atoms with E-state index in [0.29, 0.717) is 37.4 Å². The zero-order chi connectivity index (χ0) is 23.0. The maximum Gasteiger partial charge on any atom is 0.242 e. The number of rotatable bonds is 9. The summed E-state index contributed by atoms with van der Waals surface area (Å²) in [6.07, 6.45) is 0.979. The number of ether oxygens (including phenoxy) is 2. The van der Waals surface area contributed by atoms with Crippen LogP contribution in [0, 0.1) is 0 Å². The third kappa shape index (κ3) is 5.92. The first-order valence-corrected chi connectivity index (χ1v) is 11.1. The van der Waals surface area contributed by atoms with Crippen LogP contribution in [0.5, 0.6) is 11.5 Å². The van der Waals surface area contributed by atoms with Gasteiger partial charge < -0.3 is 19.7 Å². The number of fused-ring (bicyclic) bond motifs is 1. The van der Waals surface area contributed by atoms with E-state index >= 15 is 0 Å². The molecule has 0 bridgehead atoms. The second kappa shape index (κ2) is 10.7. The van der Waals surface area contributed by atoms with Crippen molar-refractivity contribution in [3.05, 3.63) is 95.6 Å². The van der Waals surface area contributed by atoms with Crippen LogP contribution in [-0.4, -0.2) is 29.5 Å². The van der Waals surface area contributed by atoms with E-state index in [9.17, 15) is 9.59 Å². The average molecular weight is 445 g/mol. The van der Waals surface area contributed by atoms with Crippen molar-refractivity contribution in [3.63, 3.8) is 0 Å². The first-order chi connectivity index (χ1) is 16.1. The van der Waals surface area contributed by atoms with Crippen LogP contribution in [0.25, 0.3) is 0 Å². The Labute approximate surface area is 194 Å². The number of hydrogen-bond donors (Lipinski definition) is 1. The van der Waals surface area contributed by atoms with Gasteiger partial charge in [0, 0.05) is 19.5 Å². The van der Waals surface area contributed by atoms with E-state index in [2.05, 4.69) is 5.32 Å². The number of nitrogens with zero attached hydrogens (tertiary/aromatic N) is 1. The molecule has 0 spiro atoms. The SMILES string of the molecule is C[C@H](C(=O)NCc1ccc2c(c1)OCO2)N(Cc1ccccc1)C(=O)CCc1ccccc1. The molecule has 0 aromatic heterocycles. The molecule has 0 saturated heterocycles. The molecule has 0 saturated carbocycles. The number of hydrogen-bond acceptors (Lipinski definition) is 4. The first kappa shape index (κ1) is 22.4. The van der Waals surface area contributed by atoms with Gasteiger partial charge in [0.15, 0.2) is 11.5 Å². The van der Waals surface area contributed by atoms with Crippen molar-refractivity contribution in [2.45, 2.75) is 38.9 Å². The minimum Gasteiger partial charge on any atom is -0.454 e. The van der Waals surface area contributed by atoms with Gasteiger partial charge >= 0.3 is 0 Å². The summed E-state index contributed by atoms with van der Waals surface area (Å²) in [5, 5.41) is 2.96. The summed E-state index contributed by atoms with van der Waals surface area (Å²) in [5.41, 5.74) is 3.00. The molecule has 3 aromatic rings. The zero-order valence-corrected chi connectivity index (χ0v) is 18.7. The van der Waals surface area contributed by atoms with Crippen molar-refractivity contribution >= 4 is 11.8 Å². The van der Waals surface area contributed by atoms with Crippen LogP contribution in [0.3, 0.4) is 0 Å².